The van der Waals surface area contributed by atoms with Gasteiger partial charge in [0.2, 0.25) is 5.91 Å². The van der Waals surface area contributed by atoms with Gasteiger partial charge in [0.1, 0.15) is 0 Å². The first kappa shape index (κ1) is 14.3. The summed E-state index contributed by atoms with van der Waals surface area (Å²) >= 11 is 0. The second-order valence-corrected chi connectivity index (χ2v) is 5.13. The van der Waals surface area contributed by atoms with Crippen molar-refractivity contribution in [3.63, 3.8) is 0 Å². The Labute approximate surface area is 118 Å². The molecule has 0 aliphatic rings. The minimum atomic E-state index is -0.849. The van der Waals surface area contributed by atoms with Crippen LogP contribution in [0.2, 0.25) is 0 Å². The second kappa shape index (κ2) is 5.88. The quantitative estimate of drug-likeness (QED) is 0.874. The van der Waals surface area contributed by atoms with E-state index < -0.39 is 5.54 Å². The molecule has 3 N–H and O–H groups in total. The fraction of sp³-hybridized carbons (Fsp3) is 0.333. The molecule has 0 saturated heterocycles. The molecule has 1 unspecified atom stereocenters. The summed E-state index contributed by atoms with van der Waals surface area (Å²) in [4.78, 5) is 12.0. The van der Waals surface area contributed by atoms with Crippen LogP contribution in [-0.2, 0) is 11.3 Å². The van der Waals surface area contributed by atoms with Crippen LogP contribution in [0.25, 0.3) is 0 Å². The third-order valence-electron chi connectivity index (χ3n) is 3.34. The average molecular weight is 272 g/mol. The first-order valence-corrected chi connectivity index (χ1v) is 6.68. The number of hydrogen-bond acceptors (Lipinski definition) is 3. The summed E-state index contributed by atoms with van der Waals surface area (Å²) < 4.78 is 1.83. The standard InChI is InChI=1S/C15H20N4O/c1-3-15(2,16)14(20)18-13-7-4-6-12(10-13)11-19-9-5-8-17-19/h4-10H,3,11,16H2,1-2H3,(H,18,20). The number of carbonyl (C=O) groups is 1. The lowest BCUT2D eigenvalue weighted by Gasteiger charge is -2.21. The van der Waals surface area contributed by atoms with Crippen LogP contribution in [0.5, 0.6) is 0 Å². The fourth-order valence-electron chi connectivity index (χ4n) is 1.76. The smallest absolute Gasteiger partial charge is 0.244 e. The molecule has 5 heteroatoms. The summed E-state index contributed by atoms with van der Waals surface area (Å²) in [6, 6.07) is 9.58. The van der Waals surface area contributed by atoms with Crippen molar-refractivity contribution in [3.8, 4) is 0 Å². The van der Waals surface area contributed by atoms with Crippen molar-refractivity contribution >= 4 is 11.6 Å². The van der Waals surface area contributed by atoms with Gasteiger partial charge >= 0.3 is 0 Å². The molecule has 0 aliphatic heterocycles. The van der Waals surface area contributed by atoms with E-state index in [1.807, 2.05) is 48.1 Å². The number of aromatic nitrogens is 2. The highest BCUT2D eigenvalue weighted by molar-refractivity contribution is 5.97. The molecular formula is C15H20N4O. The van der Waals surface area contributed by atoms with Crippen molar-refractivity contribution in [2.24, 2.45) is 5.73 Å². The molecule has 0 radical (unpaired) electrons. The highest BCUT2D eigenvalue weighted by Crippen LogP contribution is 2.14. The van der Waals surface area contributed by atoms with Gasteiger partial charge in [-0.15, -0.1) is 0 Å². The third kappa shape index (κ3) is 3.45. The minimum absolute atomic E-state index is 0.170. The molecular weight excluding hydrogens is 252 g/mol. The number of rotatable bonds is 5. The summed E-state index contributed by atoms with van der Waals surface area (Å²) in [7, 11) is 0. The molecule has 1 aromatic heterocycles. The summed E-state index contributed by atoms with van der Waals surface area (Å²) in [6.45, 7) is 4.30. The van der Waals surface area contributed by atoms with Crippen molar-refractivity contribution in [3.05, 3.63) is 48.3 Å². The van der Waals surface area contributed by atoms with Gasteiger partial charge in [-0.05, 0) is 37.1 Å². The Kier molecular flexibility index (Phi) is 4.20. The molecule has 2 aromatic rings. The van der Waals surface area contributed by atoms with E-state index in [1.165, 1.54) is 0 Å². The fourth-order valence-corrected chi connectivity index (χ4v) is 1.76. The normalized spacial score (nSPS) is 13.8. The van der Waals surface area contributed by atoms with E-state index in [2.05, 4.69) is 10.4 Å². The van der Waals surface area contributed by atoms with Gasteiger partial charge in [0.15, 0.2) is 0 Å². The van der Waals surface area contributed by atoms with Crippen molar-refractivity contribution in [2.75, 3.05) is 5.32 Å². The Bertz CT molecular complexity index is 575. The molecule has 0 bridgehead atoms. The Morgan fingerprint density at radius 3 is 2.90 bits per heavy atom. The van der Waals surface area contributed by atoms with Gasteiger partial charge in [-0.25, -0.2) is 0 Å². The third-order valence-corrected chi connectivity index (χ3v) is 3.34. The molecule has 1 aromatic carbocycles. The van der Waals surface area contributed by atoms with Crippen molar-refractivity contribution < 1.29 is 4.79 Å². The maximum Gasteiger partial charge on any atom is 0.244 e. The molecule has 2 rings (SSSR count). The van der Waals surface area contributed by atoms with Gasteiger partial charge in [0.05, 0.1) is 12.1 Å². The summed E-state index contributed by atoms with van der Waals surface area (Å²) in [5.74, 6) is -0.170. The lowest BCUT2D eigenvalue weighted by atomic mass is 9.99. The summed E-state index contributed by atoms with van der Waals surface area (Å²) in [5.41, 5.74) is 6.91. The van der Waals surface area contributed by atoms with Crippen molar-refractivity contribution in [1.29, 1.82) is 0 Å². The number of nitrogens with one attached hydrogen (secondary N) is 1. The van der Waals surface area contributed by atoms with Crippen LogP contribution in [0.4, 0.5) is 5.69 Å². The van der Waals surface area contributed by atoms with E-state index in [0.29, 0.717) is 13.0 Å². The van der Waals surface area contributed by atoms with Crippen LogP contribution < -0.4 is 11.1 Å². The van der Waals surface area contributed by atoms with E-state index in [4.69, 9.17) is 5.73 Å². The highest BCUT2D eigenvalue weighted by atomic mass is 16.2. The molecule has 0 spiro atoms. The number of anilines is 1. The average Bonchev–Trinajstić information content (AvgIpc) is 2.92. The minimum Gasteiger partial charge on any atom is -0.324 e. The molecule has 1 heterocycles. The monoisotopic (exact) mass is 272 g/mol. The van der Waals surface area contributed by atoms with Gasteiger partial charge in [-0.3, -0.25) is 9.48 Å². The van der Waals surface area contributed by atoms with E-state index >= 15 is 0 Å². The van der Waals surface area contributed by atoms with Crippen molar-refractivity contribution in [1.82, 2.24) is 9.78 Å². The lowest BCUT2D eigenvalue weighted by Crippen LogP contribution is -2.47. The predicted molar refractivity (Wildman–Crippen MR) is 79.3 cm³/mol. The van der Waals surface area contributed by atoms with Crippen LogP contribution in [0.3, 0.4) is 0 Å². The first-order chi connectivity index (χ1) is 9.51. The highest BCUT2D eigenvalue weighted by Gasteiger charge is 2.25. The number of carbonyl (C=O) groups excluding carboxylic acids is 1. The zero-order chi connectivity index (χ0) is 14.6. The van der Waals surface area contributed by atoms with E-state index in [1.54, 1.807) is 13.1 Å². The van der Waals surface area contributed by atoms with Crippen LogP contribution in [0, 0.1) is 0 Å². The lowest BCUT2D eigenvalue weighted by molar-refractivity contribution is -0.120. The van der Waals surface area contributed by atoms with Gasteiger partial charge in [-0.2, -0.15) is 5.10 Å². The first-order valence-electron chi connectivity index (χ1n) is 6.68. The Balaban J connectivity index is 2.08. The van der Waals surface area contributed by atoms with E-state index in [9.17, 15) is 4.79 Å². The zero-order valence-electron chi connectivity index (χ0n) is 11.8. The van der Waals surface area contributed by atoms with Crippen molar-refractivity contribution in [2.45, 2.75) is 32.4 Å². The molecule has 0 aliphatic carbocycles. The largest absolute Gasteiger partial charge is 0.324 e. The SMILES string of the molecule is CCC(C)(N)C(=O)Nc1cccc(Cn2cccn2)c1. The van der Waals surface area contributed by atoms with E-state index in [0.717, 1.165) is 11.3 Å². The Morgan fingerprint density at radius 2 is 2.25 bits per heavy atom. The molecule has 1 amide bonds. The topological polar surface area (TPSA) is 72.9 Å². The van der Waals surface area contributed by atoms with Gasteiger partial charge in [-0.1, -0.05) is 19.1 Å². The zero-order valence-corrected chi connectivity index (χ0v) is 11.8. The number of amides is 1. The predicted octanol–water partition coefficient (Wildman–Crippen LogP) is 2.00. The molecule has 0 saturated carbocycles. The van der Waals surface area contributed by atoms with Crippen LogP contribution in [0.1, 0.15) is 25.8 Å². The maximum absolute atomic E-state index is 12.0. The van der Waals surface area contributed by atoms with Gasteiger partial charge in [0.25, 0.3) is 0 Å². The number of nitrogens with zero attached hydrogens (tertiary/aromatic N) is 2. The van der Waals surface area contributed by atoms with Crippen LogP contribution >= 0.6 is 0 Å². The molecule has 0 fully saturated rings. The van der Waals surface area contributed by atoms with E-state index in [-0.39, 0.29) is 5.91 Å². The van der Waals surface area contributed by atoms with Gasteiger partial charge < -0.3 is 11.1 Å². The number of nitrogens with two attached hydrogens (primary N) is 1. The Hall–Kier alpha value is -2.14. The van der Waals surface area contributed by atoms with Gasteiger partial charge in [0, 0.05) is 18.1 Å². The second-order valence-electron chi connectivity index (χ2n) is 5.13. The molecule has 106 valence electrons. The maximum atomic E-state index is 12.0. The van der Waals surface area contributed by atoms with Crippen LogP contribution in [-0.4, -0.2) is 21.2 Å². The summed E-state index contributed by atoms with van der Waals surface area (Å²) in [5, 5.41) is 7.02. The molecule has 20 heavy (non-hydrogen) atoms. The number of hydrogen-bond donors (Lipinski definition) is 2. The molecule has 5 nitrogen and oxygen atoms in total. The summed E-state index contributed by atoms with van der Waals surface area (Å²) in [6.07, 6.45) is 4.23. The van der Waals surface area contributed by atoms with Crippen LogP contribution in [0.15, 0.2) is 42.7 Å². The number of benzene rings is 1. The Morgan fingerprint density at radius 1 is 1.45 bits per heavy atom. The molecule has 1 atom stereocenters.